The lowest BCUT2D eigenvalue weighted by Crippen LogP contribution is -2.15. The second-order valence-electron chi connectivity index (χ2n) is 17.5. The van der Waals surface area contributed by atoms with E-state index in [2.05, 4.69) is 64.1 Å². The SMILES string of the molecule is CC1(C)c2cc3cc(/C=C4\C(=O)c5ccccc5C4=C(C#N)C#N)sc3cc2-c2sc3c4c(sc3c21)-c1cc2sc(/C=C3\C(=O)c5ccccc5C3=C(C#N)C#N)cc2cc1C4(C)C. The van der Waals surface area contributed by atoms with Gasteiger partial charge in [-0.15, -0.1) is 45.3 Å². The van der Waals surface area contributed by atoms with Crippen LogP contribution < -0.4 is 0 Å². The second-order valence-corrected chi connectivity index (χ2v) is 21.8. The number of benzene rings is 4. The largest absolute Gasteiger partial charge is 0.289 e. The monoisotopic (exact) mass is 892 g/mol. The van der Waals surface area contributed by atoms with E-state index in [0.29, 0.717) is 44.5 Å². The van der Waals surface area contributed by atoms with Crippen LogP contribution in [0.5, 0.6) is 0 Å². The molecule has 10 heteroatoms. The molecular formula is C54H28N4O2S4. The molecule has 4 aromatic carbocycles. The fraction of sp³-hybridized carbons (Fsp3) is 0.111. The molecule has 0 unspecified atom stereocenters. The predicted octanol–water partition coefficient (Wildman–Crippen LogP) is 14.2. The van der Waals surface area contributed by atoms with Crippen molar-refractivity contribution in [1.29, 1.82) is 21.0 Å². The number of hydrogen-bond donors (Lipinski definition) is 0. The highest BCUT2D eigenvalue weighted by atomic mass is 32.1. The lowest BCUT2D eigenvalue weighted by Gasteiger charge is -2.22. The van der Waals surface area contributed by atoms with Gasteiger partial charge >= 0.3 is 0 Å². The summed E-state index contributed by atoms with van der Waals surface area (Å²) in [7, 11) is 0. The molecule has 300 valence electrons. The number of Topliss-reactive ketones (excluding diaryl/α,β-unsaturated/α-hetero) is 2. The lowest BCUT2D eigenvalue weighted by molar-refractivity contribution is 0.103. The molecular weight excluding hydrogens is 865 g/mol. The summed E-state index contributed by atoms with van der Waals surface area (Å²) >= 11 is 7.00. The molecule has 12 rings (SSSR count). The molecule has 8 aromatic rings. The van der Waals surface area contributed by atoms with Gasteiger partial charge in [0.05, 0.1) is 9.40 Å². The van der Waals surface area contributed by atoms with Crippen molar-refractivity contribution in [2.75, 3.05) is 0 Å². The highest BCUT2D eigenvalue weighted by molar-refractivity contribution is 7.32. The van der Waals surface area contributed by atoms with Gasteiger partial charge in [0, 0.05) is 73.2 Å². The molecule has 0 aliphatic heterocycles. The van der Waals surface area contributed by atoms with Crippen molar-refractivity contribution < 1.29 is 9.59 Å². The number of carbonyl (C=O) groups excluding carboxylic acids is 2. The summed E-state index contributed by atoms with van der Waals surface area (Å²) in [5.41, 5.74) is 10.9. The summed E-state index contributed by atoms with van der Waals surface area (Å²) in [5.74, 6) is -0.359. The van der Waals surface area contributed by atoms with Gasteiger partial charge in [-0.3, -0.25) is 9.59 Å². The van der Waals surface area contributed by atoms with Crippen LogP contribution in [0.3, 0.4) is 0 Å². The van der Waals surface area contributed by atoms with Gasteiger partial charge in [0.15, 0.2) is 11.6 Å². The Kier molecular flexibility index (Phi) is 7.88. The maximum Gasteiger partial charge on any atom is 0.194 e. The first-order valence-corrected chi connectivity index (χ1v) is 23.7. The molecule has 4 aliphatic carbocycles. The number of nitriles is 4. The molecule has 0 N–H and O–H groups in total. The fourth-order valence-corrected chi connectivity index (χ4v) is 16.1. The van der Waals surface area contributed by atoms with E-state index in [0.717, 1.165) is 29.9 Å². The highest BCUT2D eigenvalue weighted by Crippen LogP contribution is 2.64. The first-order chi connectivity index (χ1) is 30.9. The van der Waals surface area contributed by atoms with Crippen LogP contribution in [0.25, 0.3) is 73.8 Å². The third-order valence-corrected chi connectivity index (χ3v) is 18.1. The maximum atomic E-state index is 13.7. The first kappa shape index (κ1) is 38.4. The summed E-state index contributed by atoms with van der Waals surface area (Å²) in [4.78, 5) is 31.7. The Labute approximate surface area is 383 Å². The molecule has 4 aliphatic rings. The molecule has 0 radical (unpaired) electrons. The summed E-state index contributed by atoms with van der Waals surface area (Å²) in [5, 5.41) is 41.5. The summed E-state index contributed by atoms with van der Waals surface area (Å²) in [6.07, 6.45) is 3.69. The smallest absolute Gasteiger partial charge is 0.194 e. The van der Waals surface area contributed by atoms with Gasteiger partial charge in [0.25, 0.3) is 0 Å². The average Bonchev–Trinajstić information content (AvgIpc) is 4.16. The number of nitrogens with zero attached hydrogens (tertiary/aromatic N) is 4. The standard InChI is InChI=1S/C54H28N4O2S4/c1-53(2)39-15-25-13-29(17-37-43(27(21-55)22-56)31-9-5-7-11-33(31)47(37)59)61-41(25)19-35(39)49-45(53)51-52(63-49)46-50(64-51)36-20-42-26(16-40(36)54(46,3)4)14-30(62-42)18-38-44(28(23-57)24-58)32-10-6-8-12-34(32)48(38)60/h5-20H,1-4H3/b37-17-,38-18-. The Morgan fingerprint density at radius 2 is 0.875 bits per heavy atom. The Morgan fingerprint density at radius 1 is 0.500 bits per heavy atom. The van der Waals surface area contributed by atoms with Crippen molar-refractivity contribution in [3.05, 3.63) is 161 Å². The van der Waals surface area contributed by atoms with E-state index in [-0.39, 0.29) is 33.5 Å². The van der Waals surface area contributed by atoms with Crippen LogP contribution in [0.15, 0.2) is 107 Å². The number of thiophene rings is 4. The Balaban J connectivity index is 0.942. The van der Waals surface area contributed by atoms with E-state index in [1.165, 1.54) is 52.5 Å². The summed E-state index contributed by atoms with van der Waals surface area (Å²) < 4.78 is 4.89. The number of ketones is 2. The van der Waals surface area contributed by atoms with Crippen LogP contribution in [0.4, 0.5) is 0 Å². The van der Waals surface area contributed by atoms with Crippen molar-refractivity contribution in [1.82, 2.24) is 0 Å². The van der Waals surface area contributed by atoms with E-state index in [1.807, 2.05) is 71.2 Å². The number of fused-ring (bicyclic) bond motifs is 13. The number of allylic oxidation sites excluding steroid dienone is 6. The molecule has 4 aromatic heterocycles. The lowest BCUT2D eigenvalue weighted by atomic mass is 9.81. The predicted molar refractivity (Wildman–Crippen MR) is 259 cm³/mol. The minimum Gasteiger partial charge on any atom is -0.289 e. The Hall–Kier alpha value is -7.28. The minimum atomic E-state index is -0.265. The molecule has 64 heavy (non-hydrogen) atoms. The van der Waals surface area contributed by atoms with Gasteiger partial charge in [-0.25, -0.2) is 0 Å². The zero-order chi connectivity index (χ0) is 44.1. The van der Waals surface area contributed by atoms with Crippen molar-refractivity contribution in [3.63, 3.8) is 0 Å². The van der Waals surface area contributed by atoms with E-state index >= 15 is 0 Å². The molecule has 4 heterocycles. The third-order valence-electron chi connectivity index (χ3n) is 13.4. The van der Waals surface area contributed by atoms with Gasteiger partial charge in [0.1, 0.15) is 35.4 Å². The van der Waals surface area contributed by atoms with Crippen molar-refractivity contribution >= 4 is 110 Å². The maximum absolute atomic E-state index is 13.7. The number of carbonyl (C=O) groups is 2. The number of hydrogen-bond acceptors (Lipinski definition) is 10. The van der Waals surface area contributed by atoms with Gasteiger partial charge in [-0.2, -0.15) is 21.0 Å². The van der Waals surface area contributed by atoms with Crippen LogP contribution in [-0.2, 0) is 10.8 Å². The van der Waals surface area contributed by atoms with Crippen molar-refractivity contribution in [2.45, 2.75) is 38.5 Å². The normalized spacial score (nSPS) is 17.0. The van der Waals surface area contributed by atoms with Crippen LogP contribution in [0.1, 0.15) is 91.5 Å². The first-order valence-electron chi connectivity index (χ1n) is 20.5. The molecule has 6 nitrogen and oxygen atoms in total. The molecule has 0 bridgehead atoms. The zero-order valence-electron chi connectivity index (χ0n) is 34.5. The molecule has 0 atom stereocenters. The van der Waals surface area contributed by atoms with Gasteiger partial charge in [-0.1, -0.05) is 76.2 Å². The number of rotatable bonds is 2. The second kappa shape index (κ2) is 13.1. The summed E-state index contributed by atoms with van der Waals surface area (Å²) in [6.45, 7) is 9.28. The van der Waals surface area contributed by atoms with Crippen molar-refractivity contribution in [3.8, 4) is 45.2 Å². The van der Waals surface area contributed by atoms with E-state index in [9.17, 15) is 30.6 Å². The molecule has 0 saturated heterocycles. The fourth-order valence-electron chi connectivity index (χ4n) is 10.5. The zero-order valence-corrected chi connectivity index (χ0v) is 37.7. The Morgan fingerprint density at radius 3 is 1.25 bits per heavy atom. The average molecular weight is 893 g/mol. The van der Waals surface area contributed by atoms with Crippen LogP contribution in [-0.4, -0.2) is 11.6 Å². The van der Waals surface area contributed by atoms with Crippen molar-refractivity contribution in [2.24, 2.45) is 0 Å². The van der Waals surface area contributed by atoms with E-state index < -0.39 is 0 Å². The molecule has 0 fully saturated rings. The van der Waals surface area contributed by atoms with Crippen LogP contribution >= 0.6 is 45.3 Å². The van der Waals surface area contributed by atoms with E-state index in [1.54, 1.807) is 59.1 Å². The topological polar surface area (TPSA) is 129 Å². The molecule has 0 spiro atoms. The van der Waals surface area contributed by atoms with Gasteiger partial charge in [-0.05, 0) is 104 Å². The minimum absolute atomic E-state index is 0.0668. The van der Waals surface area contributed by atoms with Crippen LogP contribution in [0.2, 0.25) is 0 Å². The molecule has 0 saturated carbocycles. The van der Waals surface area contributed by atoms with Crippen LogP contribution in [0, 0.1) is 45.3 Å². The van der Waals surface area contributed by atoms with E-state index in [4.69, 9.17) is 0 Å². The summed E-state index contributed by atoms with van der Waals surface area (Å²) in [6, 6.07) is 35.8. The molecule has 0 amide bonds. The highest BCUT2D eigenvalue weighted by Gasteiger charge is 2.45. The van der Waals surface area contributed by atoms with Gasteiger partial charge in [0.2, 0.25) is 0 Å². The van der Waals surface area contributed by atoms with Gasteiger partial charge < -0.3 is 0 Å². The quantitative estimate of drug-likeness (QED) is 0.125. The third kappa shape index (κ3) is 4.94. The Bertz CT molecular complexity index is 3640.